The SMILES string of the molecule is Cc1ccc(-c2noc(CCC(=O)N(C)CC(=O)Nc3ccc(F)cc3)n2)cc1. The number of carbonyl (C=O) groups is 2. The highest BCUT2D eigenvalue weighted by atomic mass is 19.1. The van der Waals surface area contributed by atoms with Gasteiger partial charge in [0.15, 0.2) is 0 Å². The number of anilines is 1. The number of hydrogen-bond donors (Lipinski definition) is 1. The summed E-state index contributed by atoms with van der Waals surface area (Å²) in [4.78, 5) is 29.9. The average molecular weight is 396 g/mol. The van der Waals surface area contributed by atoms with Crippen LogP contribution in [0.3, 0.4) is 0 Å². The zero-order valence-electron chi connectivity index (χ0n) is 16.2. The van der Waals surface area contributed by atoms with Crippen molar-refractivity contribution < 1.29 is 18.5 Å². The molecule has 2 aromatic carbocycles. The number of rotatable bonds is 7. The number of nitrogens with zero attached hydrogens (tertiary/aromatic N) is 3. The van der Waals surface area contributed by atoms with Gasteiger partial charge in [0, 0.05) is 31.1 Å². The van der Waals surface area contributed by atoms with Gasteiger partial charge >= 0.3 is 0 Å². The molecule has 0 aliphatic rings. The van der Waals surface area contributed by atoms with Crippen molar-refractivity contribution >= 4 is 17.5 Å². The highest BCUT2D eigenvalue weighted by Gasteiger charge is 2.15. The maximum Gasteiger partial charge on any atom is 0.243 e. The van der Waals surface area contributed by atoms with Crippen LogP contribution < -0.4 is 5.32 Å². The standard InChI is InChI=1S/C21H21FN4O3/c1-14-3-5-15(6-4-14)21-24-19(29-25-21)11-12-20(28)26(2)13-18(27)23-17-9-7-16(22)8-10-17/h3-10H,11-13H2,1-2H3,(H,23,27). The molecule has 0 spiro atoms. The van der Waals surface area contributed by atoms with Crippen molar-refractivity contribution in [3.05, 3.63) is 65.8 Å². The first-order valence-corrected chi connectivity index (χ1v) is 9.10. The number of carbonyl (C=O) groups excluding carboxylic acids is 2. The zero-order valence-corrected chi connectivity index (χ0v) is 16.2. The van der Waals surface area contributed by atoms with Crippen LogP contribution in [0.15, 0.2) is 53.1 Å². The van der Waals surface area contributed by atoms with Crippen LogP contribution in [0.4, 0.5) is 10.1 Å². The van der Waals surface area contributed by atoms with Crippen molar-refractivity contribution in [2.75, 3.05) is 18.9 Å². The predicted octanol–water partition coefficient (Wildman–Crippen LogP) is 3.21. The van der Waals surface area contributed by atoms with Gasteiger partial charge in [0.1, 0.15) is 5.82 Å². The van der Waals surface area contributed by atoms with E-state index in [1.54, 1.807) is 0 Å². The van der Waals surface area contributed by atoms with Crippen LogP contribution in [0.25, 0.3) is 11.4 Å². The molecule has 0 saturated heterocycles. The summed E-state index contributed by atoms with van der Waals surface area (Å²) in [7, 11) is 1.54. The molecule has 2 amide bonds. The number of benzene rings is 2. The quantitative estimate of drug-likeness (QED) is 0.663. The fourth-order valence-electron chi connectivity index (χ4n) is 2.62. The highest BCUT2D eigenvalue weighted by Crippen LogP contribution is 2.17. The average Bonchev–Trinajstić information content (AvgIpc) is 3.17. The minimum absolute atomic E-state index is 0.116. The van der Waals surface area contributed by atoms with Crippen LogP contribution in [0.2, 0.25) is 0 Å². The molecule has 0 saturated carbocycles. The summed E-state index contributed by atoms with van der Waals surface area (Å²) in [5.41, 5.74) is 2.44. The molecule has 0 bridgehead atoms. The van der Waals surface area contributed by atoms with E-state index in [2.05, 4.69) is 15.5 Å². The molecule has 3 aromatic rings. The molecule has 29 heavy (non-hydrogen) atoms. The van der Waals surface area contributed by atoms with E-state index in [9.17, 15) is 14.0 Å². The second kappa shape index (κ2) is 9.09. The molecule has 0 radical (unpaired) electrons. The molecule has 0 atom stereocenters. The lowest BCUT2D eigenvalue weighted by Gasteiger charge is -2.16. The zero-order chi connectivity index (χ0) is 20.8. The van der Waals surface area contributed by atoms with Crippen LogP contribution in [-0.2, 0) is 16.0 Å². The van der Waals surface area contributed by atoms with Crippen molar-refractivity contribution in [2.24, 2.45) is 0 Å². The molecule has 150 valence electrons. The third-order valence-electron chi connectivity index (χ3n) is 4.27. The van der Waals surface area contributed by atoms with Crippen molar-refractivity contribution in [1.82, 2.24) is 15.0 Å². The van der Waals surface area contributed by atoms with Gasteiger partial charge in [-0.2, -0.15) is 4.98 Å². The van der Waals surface area contributed by atoms with E-state index in [0.717, 1.165) is 11.1 Å². The smallest absolute Gasteiger partial charge is 0.243 e. The van der Waals surface area contributed by atoms with E-state index in [0.29, 0.717) is 17.4 Å². The normalized spacial score (nSPS) is 10.6. The summed E-state index contributed by atoms with van der Waals surface area (Å²) >= 11 is 0. The summed E-state index contributed by atoms with van der Waals surface area (Å²) < 4.78 is 18.1. The molecular weight excluding hydrogens is 375 g/mol. The maximum absolute atomic E-state index is 12.9. The summed E-state index contributed by atoms with van der Waals surface area (Å²) in [5, 5.41) is 6.55. The monoisotopic (exact) mass is 396 g/mol. The fraction of sp³-hybridized carbons (Fsp3) is 0.238. The van der Waals surface area contributed by atoms with Gasteiger partial charge in [0.2, 0.25) is 23.5 Å². The number of amides is 2. The van der Waals surface area contributed by atoms with Crippen LogP contribution >= 0.6 is 0 Å². The van der Waals surface area contributed by atoms with E-state index < -0.39 is 0 Å². The first kappa shape index (κ1) is 20.2. The Morgan fingerprint density at radius 3 is 2.48 bits per heavy atom. The molecular formula is C21H21FN4O3. The minimum atomic E-state index is -0.387. The second-order valence-corrected chi connectivity index (χ2v) is 6.68. The lowest BCUT2D eigenvalue weighted by atomic mass is 10.1. The first-order valence-electron chi connectivity index (χ1n) is 9.10. The van der Waals surface area contributed by atoms with Gasteiger partial charge in [0.05, 0.1) is 6.54 Å². The molecule has 0 unspecified atom stereocenters. The molecule has 1 heterocycles. The van der Waals surface area contributed by atoms with Gasteiger partial charge < -0.3 is 14.7 Å². The Labute approximate surface area is 167 Å². The molecule has 1 aromatic heterocycles. The van der Waals surface area contributed by atoms with E-state index in [1.165, 1.54) is 36.2 Å². The molecule has 1 N–H and O–H groups in total. The highest BCUT2D eigenvalue weighted by molar-refractivity contribution is 5.94. The summed E-state index contributed by atoms with van der Waals surface area (Å²) in [6.07, 6.45) is 0.414. The third-order valence-corrected chi connectivity index (χ3v) is 4.27. The number of hydrogen-bond acceptors (Lipinski definition) is 5. The minimum Gasteiger partial charge on any atom is -0.339 e. The number of nitrogens with one attached hydrogen (secondary N) is 1. The van der Waals surface area contributed by atoms with Crippen LogP contribution in [0.1, 0.15) is 17.9 Å². The first-order chi connectivity index (χ1) is 13.9. The Hall–Kier alpha value is -3.55. The van der Waals surface area contributed by atoms with Gasteiger partial charge in [-0.15, -0.1) is 0 Å². The largest absolute Gasteiger partial charge is 0.339 e. The van der Waals surface area contributed by atoms with Crippen molar-refractivity contribution in [1.29, 1.82) is 0 Å². The number of aromatic nitrogens is 2. The molecule has 7 nitrogen and oxygen atoms in total. The van der Waals surface area contributed by atoms with Crippen molar-refractivity contribution in [3.63, 3.8) is 0 Å². The molecule has 0 aliphatic heterocycles. The molecule has 0 aliphatic carbocycles. The van der Waals surface area contributed by atoms with Crippen LogP contribution in [0.5, 0.6) is 0 Å². The Kier molecular flexibility index (Phi) is 6.33. The van der Waals surface area contributed by atoms with Crippen LogP contribution in [0, 0.1) is 12.7 Å². The Bertz CT molecular complexity index is 984. The molecule has 0 fully saturated rings. The topological polar surface area (TPSA) is 88.3 Å². The summed E-state index contributed by atoms with van der Waals surface area (Å²) in [6.45, 7) is 1.88. The van der Waals surface area contributed by atoms with Crippen LogP contribution in [-0.4, -0.2) is 40.4 Å². The fourth-order valence-corrected chi connectivity index (χ4v) is 2.62. The Balaban J connectivity index is 1.48. The number of aryl methyl sites for hydroxylation is 2. The number of halogens is 1. The van der Waals surface area contributed by atoms with Gasteiger partial charge in [-0.3, -0.25) is 9.59 Å². The van der Waals surface area contributed by atoms with E-state index in [-0.39, 0.29) is 37.0 Å². The van der Waals surface area contributed by atoms with Crippen molar-refractivity contribution in [3.8, 4) is 11.4 Å². The summed E-state index contributed by atoms with van der Waals surface area (Å²) in [5.74, 6) is -0.152. The molecule has 3 rings (SSSR count). The summed E-state index contributed by atoms with van der Waals surface area (Å²) in [6, 6.07) is 13.1. The van der Waals surface area contributed by atoms with E-state index in [1.807, 2.05) is 31.2 Å². The van der Waals surface area contributed by atoms with Gasteiger partial charge in [-0.25, -0.2) is 4.39 Å². The predicted molar refractivity (Wildman–Crippen MR) is 105 cm³/mol. The van der Waals surface area contributed by atoms with Gasteiger partial charge in [-0.1, -0.05) is 35.0 Å². The second-order valence-electron chi connectivity index (χ2n) is 6.68. The molecule has 8 heteroatoms. The Morgan fingerprint density at radius 1 is 1.10 bits per heavy atom. The number of likely N-dealkylation sites (N-methyl/N-ethyl adjacent to an activating group) is 1. The maximum atomic E-state index is 12.9. The van der Waals surface area contributed by atoms with E-state index >= 15 is 0 Å². The van der Waals surface area contributed by atoms with Crippen molar-refractivity contribution in [2.45, 2.75) is 19.8 Å². The van der Waals surface area contributed by atoms with Gasteiger partial charge in [-0.05, 0) is 31.2 Å². The third kappa shape index (κ3) is 5.71. The lowest BCUT2D eigenvalue weighted by Crippen LogP contribution is -2.35. The Morgan fingerprint density at radius 2 is 1.79 bits per heavy atom. The van der Waals surface area contributed by atoms with Gasteiger partial charge in [0.25, 0.3) is 0 Å². The van der Waals surface area contributed by atoms with E-state index in [4.69, 9.17) is 4.52 Å². The lowest BCUT2D eigenvalue weighted by molar-refractivity contribution is -0.133.